The van der Waals surface area contributed by atoms with E-state index in [1.807, 2.05) is 22.4 Å². The Morgan fingerprint density at radius 1 is 1.17 bits per heavy atom. The first-order chi connectivity index (χ1) is 14.4. The lowest BCUT2D eigenvalue weighted by Gasteiger charge is -2.41. The Morgan fingerprint density at radius 3 is 2.57 bits per heavy atom. The van der Waals surface area contributed by atoms with Gasteiger partial charge in [0.05, 0.1) is 6.10 Å². The van der Waals surface area contributed by atoms with Crippen molar-refractivity contribution in [2.45, 2.75) is 63.5 Å². The molecule has 2 aromatic heterocycles. The molecule has 0 bridgehead atoms. The maximum Gasteiger partial charge on any atom is 0.276 e. The number of halogens is 1. The van der Waals surface area contributed by atoms with Crippen molar-refractivity contribution in [1.82, 2.24) is 19.2 Å². The van der Waals surface area contributed by atoms with Crippen LogP contribution in [-0.4, -0.2) is 67.9 Å². The van der Waals surface area contributed by atoms with Crippen LogP contribution in [0.1, 0.15) is 66.1 Å². The fourth-order valence-corrected chi connectivity index (χ4v) is 5.10. The predicted octanol–water partition coefficient (Wildman–Crippen LogP) is 2.76. The molecule has 5 rings (SSSR count). The molecule has 3 aliphatic rings. The van der Waals surface area contributed by atoms with E-state index in [-0.39, 0.29) is 36.2 Å². The number of pyridine rings is 1. The lowest BCUT2D eigenvalue weighted by molar-refractivity contribution is -0.138. The first-order valence-electron chi connectivity index (χ1n) is 10.9. The number of rotatable bonds is 3. The molecule has 3 fully saturated rings. The van der Waals surface area contributed by atoms with E-state index < -0.39 is 0 Å². The average Bonchev–Trinajstić information content (AvgIpc) is 3.53. The van der Waals surface area contributed by atoms with Crippen molar-refractivity contribution in [3.8, 4) is 0 Å². The van der Waals surface area contributed by atoms with Gasteiger partial charge in [-0.05, 0) is 62.5 Å². The Bertz CT molecular complexity index is 1010. The van der Waals surface area contributed by atoms with Gasteiger partial charge in [-0.25, -0.2) is 4.98 Å². The predicted molar refractivity (Wildman–Crippen MR) is 113 cm³/mol. The molecule has 2 amide bonds. The Hall–Kier alpha value is -2.12. The number of piperazine rings is 1. The number of carbonyl (C=O) groups excluding carboxylic acids is 2. The van der Waals surface area contributed by atoms with Crippen LogP contribution in [0.5, 0.6) is 0 Å². The van der Waals surface area contributed by atoms with Gasteiger partial charge in [-0.2, -0.15) is 0 Å². The smallest absolute Gasteiger partial charge is 0.276 e. The van der Waals surface area contributed by atoms with Gasteiger partial charge in [0.1, 0.15) is 17.3 Å². The molecule has 0 atom stereocenters. The summed E-state index contributed by atoms with van der Waals surface area (Å²) in [6.45, 7) is 3.03. The first kappa shape index (κ1) is 19.8. The number of fused-ring (bicyclic) bond motifs is 1. The van der Waals surface area contributed by atoms with Gasteiger partial charge in [0.2, 0.25) is 5.91 Å². The third kappa shape index (κ3) is 3.48. The van der Waals surface area contributed by atoms with Crippen LogP contribution in [0.15, 0.2) is 12.3 Å². The Balaban J connectivity index is 1.34. The molecule has 0 unspecified atom stereocenters. The second-order valence-electron chi connectivity index (χ2n) is 8.95. The number of hydrogen-bond acceptors (Lipinski definition) is 4. The van der Waals surface area contributed by atoms with Crippen LogP contribution < -0.4 is 0 Å². The molecular weight excluding hydrogens is 404 g/mol. The van der Waals surface area contributed by atoms with Crippen LogP contribution >= 0.6 is 11.6 Å². The second-order valence-corrected chi connectivity index (χ2v) is 9.31. The summed E-state index contributed by atoms with van der Waals surface area (Å²) in [4.78, 5) is 33.9. The molecule has 1 aliphatic heterocycles. The topological polar surface area (TPSA) is 78.1 Å². The monoisotopic (exact) mass is 430 g/mol. The lowest BCUT2D eigenvalue weighted by atomic mass is 9.91. The molecule has 2 aliphatic carbocycles. The number of aryl methyl sites for hydroxylation is 1. The molecule has 30 heavy (non-hydrogen) atoms. The number of aromatic nitrogens is 2. The highest BCUT2D eigenvalue weighted by molar-refractivity contribution is 6.33. The zero-order valence-electron chi connectivity index (χ0n) is 17.2. The number of nitrogens with zero attached hydrogens (tertiary/aromatic N) is 4. The molecule has 0 aromatic carbocycles. The summed E-state index contributed by atoms with van der Waals surface area (Å²) in [5, 5.41) is 10.0. The van der Waals surface area contributed by atoms with Crippen LogP contribution in [0.4, 0.5) is 0 Å². The summed E-state index contributed by atoms with van der Waals surface area (Å²) in [6.07, 6.45) is 7.23. The molecule has 1 N–H and O–H groups in total. The fourth-order valence-electron chi connectivity index (χ4n) is 4.85. The van der Waals surface area contributed by atoms with Gasteiger partial charge in [-0.1, -0.05) is 17.7 Å². The largest absolute Gasteiger partial charge is 0.393 e. The van der Waals surface area contributed by atoms with Crippen LogP contribution in [0.2, 0.25) is 5.15 Å². The maximum absolute atomic E-state index is 13.2. The van der Waals surface area contributed by atoms with E-state index in [1.165, 1.54) is 18.4 Å². The van der Waals surface area contributed by atoms with E-state index in [1.54, 1.807) is 4.90 Å². The van der Waals surface area contributed by atoms with Crippen molar-refractivity contribution < 1.29 is 14.7 Å². The summed E-state index contributed by atoms with van der Waals surface area (Å²) in [5.74, 6) is 0.253. The Kier molecular flexibility index (Phi) is 4.98. The number of aliphatic hydroxyl groups excluding tert-OH is 1. The molecule has 2 aromatic rings. The lowest BCUT2D eigenvalue weighted by Crippen LogP contribution is -2.56. The summed E-state index contributed by atoms with van der Waals surface area (Å²) >= 11 is 6.57. The first-order valence-corrected chi connectivity index (χ1v) is 11.2. The zero-order chi connectivity index (χ0) is 21.0. The summed E-state index contributed by atoms with van der Waals surface area (Å²) in [6, 6.07) is 2.30. The minimum Gasteiger partial charge on any atom is -0.393 e. The van der Waals surface area contributed by atoms with Gasteiger partial charge in [0.25, 0.3) is 5.91 Å². The van der Waals surface area contributed by atoms with Crippen molar-refractivity contribution in [3.05, 3.63) is 34.2 Å². The van der Waals surface area contributed by atoms with E-state index in [2.05, 4.69) is 11.1 Å². The molecule has 0 spiro atoms. The van der Waals surface area contributed by atoms with E-state index in [0.717, 1.165) is 31.2 Å². The van der Waals surface area contributed by atoms with Gasteiger partial charge < -0.3 is 14.9 Å². The minimum atomic E-state index is -0.289. The summed E-state index contributed by atoms with van der Waals surface area (Å²) in [5.41, 5.74) is 3.15. The SMILES string of the molecule is Cc1cc(C2CC2)cn2c(Cl)c(C(=O)N3CCN(C4CCC(O)CC4)C(=O)C3)nc12. The standard InChI is InChI=1S/C22H27ClN4O3/c1-13-10-15(14-2-3-14)11-27-20(23)19(24-21(13)27)22(30)25-8-9-26(18(29)12-25)16-4-6-17(28)7-5-16/h10-11,14,16-17,28H,2-9,12H2,1H3. The van der Waals surface area contributed by atoms with Crippen LogP contribution in [-0.2, 0) is 4.79 Å². The zero-order valence-corrected chi connectivity index (χ0v) is 17.9. The van der Waals surface area contributed by atoms with Gasteiger partial charge in [0, 0.05) is 25.3 Å². The summed E-state index contributed by atoms with van der Waals surface area (Å²) < 4.78 is 1.81. The number of imidazole rings is 1. The van der Waals surface area contributed by atoms with E-state index in [9.17, 15) is 14.7 Å². The molecule has 2 saturated carbocycles. The molecule has 0 radical (unpaired) electrons. The third-order valence-electron chi connectivity index (χ3n) is 6.77. The highest BCUT2D eigenvalue weighted by atomic mass is 35.5. The van der Waals surface area contributed by atoms with E-state index in [0.29, 0.717) is 29.8 Å². The van der Waals surface area contributed by atoms with Gasteiger partial charge >= 0.3 is 0 Å². The highest BCUT2D eigenvalue weighted by Gasteiger charge is 2.35. The van der Waals surface area contributed by atoms with Crippen molar-refractivity contribution in [2.24, 2.45) is 0 Å². The van der Waals surface area contributed by atoms with Gasteiger partial charge in [-0.15, -0.1) is 0 Å². The number of hydrogen-bond donors (Lipinski definition) is 1. The van der Waals surface area contributed by atoms with Crippen LogP contribution in [0.25, 0.3) is 5.65 Å². The third-order valence-corrected chi connectivity index (χ3v) is 7.13. The Morgan fingerprint density at radius 2 is 1.90 bits per heavy atom. The van der Waals surface area contributed by atoms with Crippen molar-refractivity contribution in [1.29, 1.82) is 0 Å². The molecule has 160 valence electrons. The molecule has 7 nitrogen and oxygen atoms in total. The van der Waals surface area contributed by atoms with Crippen molar-refractivity contribution in [2.75, 3.05) is 19.6 Å². The van der Waals surface area contributed by atoms with Crippen LogP contribution in [0.3, 0.4) is 0 Å². The van der Waals surface area contributed by atoms with Crippen LogP contribution in [0, 0.1) is 6.92 Å². The molecule has 1 saturated heterocycles. The van der Waals surface area contributed by atoms with Crippen molar-refractivity contribution >= 4 is 29.1 Å². The van der Waals surface area contributed by atoms with E-state index >= 15 is 0 Å². The normalized spacial score (nSPS) is 25.2. The molecule has 8 heteroatoms. The maximum atomic E-state index is 13.2. The second kappa shape index (κ2) is 7.54. The number of aliphatic hydroxyl groups is 1. The van der Waals surface area contributed by atoms with Gasteiger partial charge in [-0.3, -0.25) is 14.0 Å². The van der Waals surface area contributed by atoms with Crippen molar-refractivity contribution in [3.63, 3.8) is 0 Å². The van der Waals surface area contributed by atoms with E-state index in [4.69, 9.17) is 11.6 Å². The molecule has 3 heterocycles. The number of carbonyl (C=O) groups is 2. The minimum absolute atomic E-state index is 0.0388. The highest BCUT2D eigenvalue weighted by Crippen LogP contribution is 2.41. The quantitative estimate of drug-likeness (QED) is 0.812. The molecular formula is C22H27ClN4O3. The summed E-state index contributed by atoms with van der Waals surface area (Å²) in [7, 11) is 0. The number of amides is 2. The fraction of sp³-hybridized carbons (Fsp3) is 0.591. The Labute approximate surface area is 180 Å². The van der Waals surface area contributed by atoms with Gasteiger partial charge in [0.15, 0.2) is 5.69 Å². The average molecular weight is 431 g/mol.